The molecule has 0 radical (unpaired) electrons. The Morgan fingerprint density at radius 3 is 2.75 bits per heavy atom. The summed E-state index contributed by atoms with van der Waals surface area (Å²) in [7, 11) is 0. The topological polar surface area (TPSA) is 55.4 Å². The van der Waals surface area contributed by atoms with Gasteiger partial charge in [-0.15, -0.1) is 0 Å². The van der Waals surface area contributed by atoms with Crippen molar-refractivity contribution in [2.45, 2.75) is 12.8 Å². The van der Waals surface area contributed by atoms with E-state index in [0.717, 1.165) is 0 Å². The number of nitrogens with one attached hydrogen (secondary N) is 1. The van der Waals surface area contributed by atoms with Gasteiger partial charge in [-0.2, -0.15) is 8.78 Å². The van der Waals surface area contributed by atoms with Crippen LogP contribution in [-0.2, 0) is 9.53 Å². The highest BCUT2D eigenvalue weighted by Crippen LogP contribution is 2.27. The van der Waals surface area contributed by atoms with E-state index in [1.807, 2.05) is 5.32 Å². The quantitative estimate of drug-likeness (QED) is 0.870. The molecule has 1 aromatic carbocycles. The van der Waals surface area contributed by atoms with Crippen LogP contribution >= 0.6 is 11.6 Å². The smallest absolute Gasteiger partial charge is 0.315 e. The van der Waals surface area contributed by atoms with Crippen LogP contribution in [0.5, 0.6) is 0 Å². The van der Waals surface area contributed by atoms with Crippen LogP contribution in [0.2, 0.25) is 5.02 Å². The van der Waals surface area contributed by atoms with Crippen molar-refractivity contribution in [3.8, 4) is 0 Å². The van der Waals surface area contributed by atoms with Gasteiger partial charge in [0.1, 0.15) is 0 Å². The number of carbonyl (C=O) groups is 2. The van der Waals surface area contributed by atoms with E-state index in [2.05, 4.69) is 0 Å². The summed E-state index contributed by atoms with van der Waals surface area (Å²) < 4.78 is 29.7. The van der Waals surface area contributed by atoms with E-state index in [-0.39, 0.29) is 28.0 Å². The highest BCUT2D eigenvalue weighted by atomic mass is 35.5. The van der Waals surface area contributed by atoms with Gasteiger partial charge in [0.15, 0.2) is 5.78 Å². The molecular formula is C13H12ClF2NO3. The lowest BCUT2D eigenvalue weighted by molar-refractivity contribution is -0.126. The van der Waals surface area contributed by atoms with Crippen LogP contribution in [0.25, 0.3) is 0 Å². The average molecular weight is 304 g/mol. The molecule has 1 aliphatic heterocycles. The number of amides is 1. The maximum atomic E-state index is 12.3. The molecule has 0 spiro atoms. The first kappa shape index (κ1) is 14.9. The van der Waals surface area contributed by atoms with Gasteiger partial charge in [0.05, 0.1) is 12.3 Å². The van der Waals surface area contributed by atoms with Crippen molar-refractivity contribution < 1.29 is 23.1 Å². The summed E-state index contributed by atoms with van der Waals surface area (Å²) >= 11 is 5.77. The Hall–Kier alpha value is -1.53. The Balaban J connectivity index is 2.27. The van der Waals surface area contributed by atoms with Gasteiger partial charge in [0.2, 0.25) is 0 Å². The number of hydrogen-bond donors (Lipinski definition) is 1. The largest absolute Gasteiger partial charge is 0.381 e. The molecule has 1 heterocycles. The fraction of sp³-hybridized carbons (Fsp3) is 0.385. The van der Waals surface area contributed by atoms with Crippen molar-refractivity contribution in [2.24, 2.45) is 5.92 Å². The van der Waals surface area contributed by atoms with E-state index in [4.69, 9.17) is 16.3 Å². The molecule has 20 heavy (non-hydrogen) atoms. The van der Waals surface area contributed by atoms with Crippen LogP contribution in [0.4, 0.5) is 14.5 Å². The number of carbonyl (C=O) groups excluding carboxylic acids is 2. The first-order chi connectivity index (χ1) is 9.49. The normalized spacial score (nSPS) is 18.3. The van der Waals surface area contributed by atoms with Crippen molar-refractivity contribution in [3.05, 3.63) is 28.8 Å². The van der Waals surface area contributed by atoms with Crippen molar-refractivity contribution in [1.29, 1.82) is 0 Å². The zero-order valence-electron chi connectivity index (χ0n) is 10.4. The summed E-state index contributed by atoms with van der Waals surface area (Å²) in [5, 5.41) is 2.26. The molecule has 4 nitrogen and oxygen atoms in total. The van der Waals surface area contributed by atoms with Crippen molar-refractivity contribution in [1.82, 2.24) is 0 Å². The molecule has 1 aliphatic rings. The van der Waals surface area contributed by atoms with Crippen LogP contribution in [0.3, 0.4) is 0 Å². The minimum atomic E-state index is -3.16. The molecule has 0 aromatic heterocycles. The first-order valence-electron chi connectivity index (χ1n) is 5.99. The Morgan fingerprint density at radius 1 is 1.40 bits per heavy atom. The summed E-state index contributed by atoms with van der Waals surface area (Å²) in [6.45, 7) is 0.784. The second-order valence-electron chi connectivity index (χ2n) is 4.40. The van der Waals surface area contributed by atoms with E-state index in [0.29, 0.717) is 19.6 Å². The number of alkyl halides is 2. The zero-order chi connectivity index (χ0) is 14.7. The van der Waals surface area contributed by atoms with E-state index < -0.39 is 12.3 Å². The number of ether oxygens (including phenoxy) is 1. The molecule has 1 N–H and O–H groups in total. The van der Waals surface area contributed by atoms with Gasteiger partial charge in [0.25, 0.3) is 5.91 Å². The first-order valence-corrected chi connectivity index (χ1v) is 6.37. The Bertz CT molecular complexity index is 530. The number of hydrogen-bond acceptors (Lipinski definition) is 3. The predicted octanol–water partition coefficient (Wildman–Crippen LogP) is 2.76. The lowest BCUT2D eigenvalue weighted by Crippen LogP contribution is -2.23. The molecule has 1 atom stereocenters. The number of halogens is 3. The molecule has 0 saturated carbocycles. The second-order valence-corrected chi connectivity index (χ2v) is 4.84. The molecule has 7 heteroatoms. The summed E-state index contributed by atoms with van der Waals surface area (Å²) in [4.78, 5) is 23.3. The molecule has 0 bridgehead atoms. The van der Waals surface area contributed by atoms with Gasteiger partial charge in [0, 0.05) is 23.1 Å². The molecule has 1 amide bonds. The number of Topliss-reactive ketones (excluding diaryl/α,β-unsaturated/α-hetero) is 1. The van der Waals surface area contributed by atoms with Gasteiger partial charge in [-0.25, -0.2) is 0 Å². The van der Waals surface area contributed by atoms with Crippen LogP contribution in [0.1, 0.15) is 16.8 Å². The maximum Gasteiger partial charge on any atom is 0.315 e. The third-order valence-electron chi connectivity index (χ3n) is 3.00. The van der Waals surface area contributed by atoms with Gasteiger partial charge < -0.3 is 10.1 Å². The number of anilines is 1. The zero-order valence-corrected chi connectivity index (χ0v) is 11.1. The number of rotatable bonds is 4. The molecule has 1 aromatic rings. The molecule has 1 fully saturated rings. The summed E-state index contributed by atoms with van der Waals surface area (Å²) in [6.07, 6.45) is -2.59. The van der Waals surface area contributed by atoms with Crippen LogP contribution < -0.4 is 5.32 Å². The van der Waals surface area contributed by atoms with Gasteiger partial charge >= 0.3 is 6.43 Å². The highest BCUT2D eigenvalue weighted by Gasteiger charge is 2.27. The monoisotopic (exact) mass is 303 g/mol. The van der Waals surface area contributed by atoms with Crippen molar-refractivity contribution in [3.63, 3.8) is 0 Å². The minimum Gasteiger partial charge on any atom is -0.381 e. The van der Waals surface area contributed by atoms with E-state index in [1.165, 1.54) is 18.2 Å². The van der Waals surface area contributed by atoms with Crippen LogP contribution in [-0.4, -0.2) is 31.3 Å². The van der Waals surface area contributed by atoms with Gasteiger partial charge in [-0.1, -0.05) is 11.6 Å². The minimum absolute atomic E-state index is 0.000278. The predicted molar refractivity (Wildman–Crippen MR) is 69.3 cm³/mol. The number of ketones is 1. The van der Waals surface area contributed by atoms with Crippen LogP contribution in [0.15, 0.2) is 18.2 Å². The fourth-order valence-electron chi connectivity index (χ4n) is 1.98. The van der Waals surface area contributed by atoms with Gasteiger partial charge in [-0.05, 0) is 24.6 Å². The lowest BCUT2D eigenvalue weighted by Gasteiger charge is -2.13. The number of benzene rings is 1. The maximum absolute atomic E-state index is 12.3. The summed E-state index contributed by atoms with van der Waals surface area (Å²) in [5.74, 6) is -2.04. The standard InChI is InChI=1S/C13H12ClF2NO3/c14-8-1-2-9(11(18)7-3-4-20-6-7)10(5-8)17-13(19)12(15)16/h1-2,5,7,12H,3-4,6H2,(H,17,19). The third-order valence-corrected chi connectivity index (χ3v) is 3.24. The Morgan fingerprint density at radius 2 is 2.15 bits per heavy atom. The molecule has 2 rings (SSSR count). The fourth-order valence-corrected chi connectivity index (χ4v) is 2.16. The van der Waals surface area contributed by atoms with Crippen LogP contribution in [0, 0.1) is 5.92 Å². The Kier molecular flexibility index (Phi) is 4.67. The Labute approximate surface area is 119 Å². The molecule has 1 unspecified atom stereocenters. The SMILES string of the molecule is O=C(Nc1cc(Cl)ccc1C(=O)C1CCOC1)C(F)F. The molecule has 0 aliphatic carbocycles. The molecule has 108 valence electrons. The highest BCUT2D eigenvalue weighted by molar-refractivity contribution is 6.31. The molecule has 1 saturated heterocycles. The van der Waals surface area contributed by atoms with Crippen molar-refractivity contribution in [2.75, 3.05) is 18.5 Å². The molecular weight excluding hydrogens is 292 g/mol. The lowest BCUT2D eigenvalue weighted by atomic mass is 9.96. The van der Waals surface area contributed by atoms with E-state index in [1.54, 1.807) is 0 Å². The summed E-state index contributed by atoms with van der Waals surface area (Å²) in [5.41, 5.74) is 0.165. The third kappa shape index (κ3) is 3.32. The van der Waals surface area contributed by atoms with E-state index >= 15 is 0 Å². The second kappa shape index (κ2) is 6.28. The van der Waals surface area contributed by atoms with Gasteiger partial charge in [-0.3, -0.25) is 9.59 Å². The average Bonchev–Trinajstić information content (AvgIpc) is 2.92. The van der Waals surface area contributed by atoms with Crippen molar-refractivity contribution >= 4 is 29.0 Å². The van der Waals surface area contributed by atoms with E-state index in [9.17, 15) is 18.4 Å². The summed E-state index contributed by atoms with van der Waals surface area (Å²) in [6, 6.07) is 4.18.